The maximum atomic E-state index is 11.7. The van der Waals surface area contributed by atoms with Crippen molar-refractivity contribution in [2.45, 2.75) is 18.6 Å². The van der Waals surface area contributed by atoms with Crippen molar-refractivity contribution >= 4 is 6.09 Å². The van der Waals surface area contributed by atoms with Gasteiger partial charge in [0.2, 0.25) is 0 Å². The molecule has 1 saturated carbocycles. The quantitative estimate of drug-likeness (QED) is 0.839. The van der Waals surface area contributed by atoms with Gasteiger partial charge in [-0.25, -0.2) is 4.79 Å². The van der Waals surface area contributed by atoms with Gasteiger partial charge >= 0.3 is 6.09 Å². The molecule has 0 radical (unpaired) electrons. The van der Waals surface area contributed by atoms with Crippen molar-refractivity contribution in [1.29, 1.82) is 0 Å². The van der Waals surface area contributed by atoms with Gasteiger partial charge in [-0.15, -0.1) is 0 Å². The number of piperidine rings is 1. The van der Waals surface area contributed by atoms with Crippen LogP contribution in [0.2, 0.25) is 0 Å². The Labute approximate surface area is 99.8 Å². The highest BCUT2D eigenvalue weighted by atomic mass is 16.6. The van der Waals surface area contributed by atoms with Crippen LogP contribution >= 0.6 is 0 Å². The van der Waals surface area contributed by atoms with E-state index in [2.05, 4.69) is 0 Å². The highest BCUT2D eigenvalue weighted by Crippen LogP contribution is 2.49. The first kappa shape index (κ1) is 10.6. The smallest absolute Gasteiger partial charge is 0.410 e. The molecule has 4 heteroatoms. The van der Waals surface area contributed by atoms with Gasteiger partial charge in [0, 0.05) is 12.5 Å². The van der Waals surface area contributed by atoms with Crippen molar-refractivity contribution in [2.24, 2.45) is 5.92 Å². The highest BCUT2D eigenvalue weighted by Gasteiger charge is 2.60. The van der Waals surface area contributed by atoms with Crippen LogP contribution in [0, 0.1) is 5.92 Å². The van der Waals surface area contributed by atoms with Crippen LogP contribution in [0.1, 0.15) is 12.0 Å². The van der Waals surface area contributed by atoms with Gasteiger partial charge in [0.1, 0.15) is 6.61 Å². The normalized spacial score (nSPS) is 29.9. The van der Waals surface area contributed by atoms with Crippen LogP contribution in [0.15, 0.2) is 30.3 Å². The standard InChI is InChI=1S/C13H15NO3/c15-12(14-7-11-6-13(11,16)9-14)17-8-10-4-2-1-3-5-10/h1-5,11,16H,6-9H2. The van der Waals surface area contributed by atoms with Crippen molar-refractivity contribution in [3.8, 4) is 0 Å². The summed E-state index contributed by atoms with van der Waals surface area (Å²) in [5.74, 6) is 0.270. The number of likely N-dealkylation sites (tertiary alicyclic amines) is 1. The van der Waals surface area contributed by atoms with Gasteiger partial charge in [-0.3, -0.25) is 0 Å². The summed E-state index contributed by atoms with van der Waals surface area (Å²) < 4.78 is 5.20. The molecule has 3 rings (SSSR count). The van der Waals surface area contributed by atoms with Gasteiger partial charge in [0.05, 0.1) is 12.1 Å². The van der Waals surface area contributed by atoms with Crippen molar-refractivity contribution in [3.05, 3.63) is 35.9 Å². The maximum Gasteiger partial charge on any atom is 0.410 e. The number of fused-ring (bicyclic) bond motifs is 1. The number of hydrogen-bond donors (Lipinski definition) is 1. The molecule has 1 aromatic carbocycles. The lowest BCUT2D eigenvalue weighted by Gasteiger charge is -2.18. The van der Waals surface area contributed by atoms with E-state index >= 15 is 0 Å². The second-order valence-electron chi connectivity index (χ2n) is 4.93. The number of amides is 1. The molecule has 2 fully saturated rings. The molecule has 4 nitrogen and oxygen atoms in total. The van der Waals surface area contributed by atoms with Crippen LogP contribution in [-0.2, 0) is 11.3 Å². The Hall–Kier alpha value is -1.55. The number of β-amino-alcohol motifs (C(OH)–C–C–N with tert-alkyl or cyclic N) is 1. The van der Waals surface area contributed by atoms with E-state index in [0.29, 0.717) is 19.7 Å². The SMILES string of the molecule is O=C(OCc1ccccc1)N1CC2CC2(O)C1. The van der Waals surface area contributed by atoms with E-state index < -0.39 is 5.60 Å². The number of ether oxygens (including phenoxy) is 1. The Balaban J connectivity index is 1.51. The van der Waals surface area contributed by atoms with E-state index in [-0.39, 0.29) is 12.0 Å². The molecular weight excluding hydrogens is 218 g/mol. The Kier molecular flexibility index (Phi) is 2.33. The minimum Gasteiger partial charge on any atom is -0.445 e. The lowest BCUT2D eigenvalue weighted by Crippen LogP contribution is -2.33. The minimum atomic E-state index is -0.605. The molecule has 1 aliphatic heterocycles. The van der Waals surface area contributed by atoms with E-state index in [1.165, 1.54) is 0 Å². The summed E-state index contributed by atoms with van der Waals surface area (Å²) in [4.78, 5) is 13.3. The Bertz CT molecular complexity index is 434. The Morgan fingerprint density at radius 3 is 2.88 bits per heavy atom. The first-order valence-electron chi connectivity index (χ1n) is 5.85. The molecule has 1 N–H and O–H groups in total. The van der Waals surface area contributed by atoms with Gasteiger partial charge in [-0.2, -0.15) is 0 Å². The van der Waals surface area contributed by atoms with Gasteiger partial charge in [-0.1, -0.05) is 30.3 Å². The summed E-state index contributed by atoms with van der Waals surface area (Å²) in [6, 6.07) is 9.59. The molecule has 90 valence electrons. The van der Waals surface area contributed by atoms with Crippen LogP contribution in [0.3, 0.4) is 0 Å². The molecule has 17 heavy (non-hydrogen) atoms. The number of aliphatic hydroxyl groups is 1. The maximum absolute atomic E-state index is 11.7. The van der Waals surface area contributed by atoms with E-state index in [0.717, 1.165) is 12.0 Å². The van der Waals surface area contributed by atoms with Gasteiger partial charge < -0.3 is 14.7 Å². The third kappa shape index (κ3) is 2.00. The summed E-state index contributed by atoms with van der Waals surface area (Å²) in [6.45, 7) is 1.34. The Morgan fingerprint density at radius 2 is 2.24 bits per heavy atom. The molecule has 1 amide bonds. The minimum absolute atomic E-state index is 0.270. The van der Waals surface area contributed by atoms with Crippen LogP contribution in [0.4, 0.5) is 4.79 Å². The first-order valence-corrected chi connectivity index (χ1v) is 5.85. The number of rotatable bonds is 2. The zero-order chi connectivity index (χ0) is 11.9. The number of nitrogens with zero attached hydrogens (tertiary/aromatic N) is 1. The molecule has 0 spiro atoms. The second kappa shape index (κ2) is 3.74. The molecule has 0 bridgehead atoms. The van der Waals surface area contributed by atoms with Crippen molar-refractivity contribution in [2.75, 3.05) is 13.1 Å². The molecule has 1 heterocycles. The van der Waals surface area contributed by atoms with Crippen LogP contribution in [0.25, 0.3) is 0 Å². The molecule has 1 aliphatic carbocycles. The summed E-state index contributed by atoms with van der Waals surface area (Å²) >= 11 is 0. The van der Waals surface area contributed by atoms with Crippen molar-refractivity contribution in [1.82, 2.24) is 4.90 Å². The monoisotopic (exact) mass is 233 g/mol. The summed E-state index contributed by atoms with van der Waals surface area (Å²) in [5, 5.41) is 9.82. The molecule has 2 aliphatic rings. The van der Waals surface area contributed by atoms with E-state index in [9.17, 15) is 9.90 Å². The fourth-order valence-corrected chi connectivity index (χ4v) is 2.41. The third-order valence-electron chi connectivity index (χ3n) is 3.57. The first-order chi connectivity index (χ1) is 8.17. The van der Waals surface area contributed by atoms with Gasteiger partial charge in [0.15, 0.2) is 0 Å². The average molecular weight is 233 g/mol. The van der Waals surface area contributed by atoms with Crippen molar-refractivity contribution in [3.63, 3.8) is 0 Å². The molecule has 1 aromatic rings. The topological polar surface area (TPSA) is 49.8 Å². The van der Waals surface area contributed by atoms with E-state index in [1.54, 1.807) is 4.90 Å². The van der Waals surface area contributed by atoms with Gasteiger partial charge in [0.25, 0.3) is 0 Å². The number of hydrogen-bond acceptors (Lipinski definition) is 3. The molecule has 2 atom stereocenters. The molecular formula is C13H15NO3. The second-order valence-corrected chi connectivity index (χ2v) is 4.93. The van der Waals surface area contributed by atoms with Gasteiger partial charge in [-0.05, 0) is 12.0 Å². The summed E-state index contributed by atoms with van der Waals surface area (Å²) in [5.41, 5.74) is 0.370. The highest BCUT2D eigenvalue weighted by molar-refractivity contribution is 5.68. The molecule has 2 unspecified atom stereocenters. The lowest BCUT2D eigenvalue weighted by molar-refractivity contribution is 0.0830. The summed E-state index contributed by atoms with van der Waals surface area (Å²) in [6.07, 6.45) is 0.504. The summed E-state index contributed by atoms with van der Waals surface area (Å²) in [7, 11) is 0. The predicted octanol–water partition coefficient (Wildman–Crippen LogP) is 1.39. The zero-order valence-corrected chi connectivity index (χ0v) is 9.50. The fourth-order valence-electron chi connectivity index (χ4n) is 2.41. The Morgan fingerprint density at radius 1 is 1.47 bits per heavy atom. The van der Waals surface area contributed by atoms with E-state index in [1.807, 2.05) is 30.3 Å². The fraction of sp³-hybridized carbons (Fsp3) is 0.462. The predicted molar refractivity (Wildman–Crippen MR) is 61.3 cm³/mol. The lowest BCUT2D eigenvalue weighted by atomic mass is 10.2. The van der Waals surface area contributed by atoms with Crippen LogP contribution < -0.4 is 0 Å². The molecule has 1 saturated heterocycles. The largest absolute Gasteiger partial charge is 0.445 e. The average Bonchev–Trinajstić information content (AvgIpc) is 2.86. The van der Waals surface area contributed by atoms with E-state index in [4.69, 9.17) is 4.74 Å². The van der Waals surface area contributed by atoms with Crippen LogP contribution in [-0.4, -0.2) is 34.8 Å². The third-order valence-corrected chi connectivity index (χ3v) is 3.57. The zero-order valence-electron chi connectivity index (χ0n) is 9.50. The number of benzene rings is 1. The van der Waals surface area contributed by atoms with Crippen LogP contribution in [0.5, 0.6) is 0 Å². The number of carbonyl (C=O) groups excluding carboxylic acids is 1. The molecule has 0 aromatic heterocycles. The number of carbonyl (C=O) groups is 1. The van der Waals surface area contributed by atoms with Crippen molar-refractivity contribution < 1.29 is 14.6 Å².